The molecule has 0 saturated carbocycles. The predicted molar refractivity (Wildman–Crippen MR) is 130 cm³/mol. The maximum absolute atomic E-state index is 12.2. The number of ether oxygens (including phenoxy) is 1. The Labute approximate surface area is 202 Å². The zero-order valence-corrected chi connectivity index (χ0v) is 20.1. The average Bonchev–Trinajstić information content (AvgIpc) is 2.83. The predicted octanol–water partition coefficient (Wildman–Crippen LogP) is 0.856. The number of carbonyl (C=O) groups is 4. The van der Waals surface area contributed by atoms with Crippen LogP contribution in [0.4, 0.5) is 0 Å². The van der Waals surface area contributed by atoms with Gasteiger partial charge in [0.1, 0.15) is 6.29 Å². The molecule has 1 atom stereocenters. The lowest BCUT2D eigenvalue weighted by Crippen LogP contribution is -2.44. The van der Waals surface area contributed by atoms with Crippen LogP contribution in [0.2, 0.25) is 0 Å². The van der Waals surface area contributed by atoms with Gasteiger partial charge in [0.05, 0.1) is 12.6 Å². The lowest BCUT2D eigenvalue weighted by atomic mass is 10.0. The lowest BCUT2D eigenvalue weighted by Gasteiger charge is -2.26. The van der Waals surface area contributed by atoms with Gasteiger partial charge >= 0.3 is 0 Å². The van der Waals surface area contributed by atoms with Crippen molar-refractivity contribution in [3.05, 3.63) is 34.9 Å². The molecular weight excluding hydrogens is 436 g/mol. The van der Waals surface area contributed by atoms with Crippen molar-refractivity contribution in [2.24, 2.45) is 0 Å². The number of imide groups is 1. The van der Waals surface area contributed by atoms with E-state index in [1.54, 1.807) is 13.1 Å². The Morgan fingerprint density at radius 3 is 2.68 bits per heavy atom. The van der Waals surface area contributed by atoms with E-state index in [4.69, 9.17) is 4.74 Å². The Bertz CT molecular complexity index is 834. The largest absolute Gasteiger partial charge is 0.380 e. The van der Waals surface area contributed by atoms with Crippen molar-refractivity contribution < 1.29 is 23.9 Å². The van der Waals surface area contributed by atoms with Gasteiger partial charge in [-0.05, 0) is 37.6 Å². The fourth-order valence-electron chi connectivity index (χ4n) is 3.32. The Morgan fingerprint density at radius 2 is 1.97 bits per heavy atom. The summed E-state index contributed by atoms with van der Waals surface area (Å²) in [5.41, 5.74) is 2.13. The van der Waals surface area contributed by atoms with E-state index in [1.165, 1.54) is 0 Å². The molecule has 0 aromatic heterocycles. The second-order valence-electron chi connectivity index (χ2n) is 7.72. The number of hydrogen-bond acceptors (Lipinski definition) is 7. The van der Waals surface area contributed by atoms with E-state index in [0.717, 1.165) is 43.3 Å². The Morgan fingerprint density at radius 1 is 1.15 bits per heavy atom. The number of amides is 3. The summed E-state index contributed by atoms with van der Waals surface area (Å²) in [4.78, 5) is 46.4. The highest BCUT2D eigenvalue weighted by molar-refractivity contribution is 5.90. The van der Waals surface area contributed by atoms with Crippen molar-refractivity contribution in [1.29, 1.82) is 0 Å². The van der Waals surface area contributed by atoms with E-state index in [9.17, 15) is 19.2 Å². The molecule has 34 heavy (non-hydrogen) atoms. The minimum Gasteiger partial charge on any atom is -0.380 e. The second kappa shape index (κ2) is 18.4. The van der Waals surface area contributed by atoms with Crippen LogP contribution >= 0.6 is 0 Å². The molecule has 0 fully saturated rings. The highest BCUT2D eigenvalue weighted by Gasteiger charge is 2.22. The molecule has 3 N–H and O–H groups in total. The topological polar surface area (TPSA) is 117 Å². The molecule has 1 rings (SSSR count). The monoisotopic (exact) mass is 472 g/mol. The minimum atomic E-state index is -0.465. The van der Waals surface area contributed by atoms with Crippen LogP contribution in [0.1, 0.15) is 54.1 Å². The van der Waals surface area contributed by atoms with Crippen LogP contribution in [0.3, 0.4) is 0 Å². The van der Waals surface area contributed by atoms with Gasteiger partial charge in [-0.1, -0.05) is 31.3 Å². The smallest absolute Gasteiger partial charge is 0.243 e. The molecule has 186 valence electrons. The first kappa shape index (κ1) is 29.0. The molecule has 1 unspecified atom stereocenters. The standard InChI is InChI=1S/C25H36N4O5/c1-3-7-24(25(33)28-20-32)29(2)17-23-16-21(9-10-22(23)18-30)8-4-5-11-26-13-15-34-14-6-12-27-19-31/h9-10,16,18-20,24,26H,3,5-7,11-15,17H2,1-2H3,(H,27,31)(H,28,32,33). The summed E-state index contributed by atoms with van der Waals surface area (Å²) in [6.07, 6.45) is 4.71. The molecule has 0 heterocycles. The molecule has 9 nitrogen and oxygen atoms in total. The van der Waals surface area contributed by atoms with E-state index in [-0.39, 0.29) is 5.91 Å². The Hall–Kier alpha value is -3.06. The highest BCUT2D eigenvalue weighted by Crippen LogP contribution is 2.16. The summed E-state index contributed by atoms with van der Waals surface area (Å²) in [6.45, 7) is 5.64. The van der Waals surface area contributed by atoms with Crippen LogP contribution < -0.4 is 16.0 Å². The average molecular weight is 473 g/mol. The molecule has 1 aromatic rings. The fraction of sp³-hybridized carbons (Fsp3) is 0.520. The van der Waals surface area contributed by atoms with E-state index >= 15 is 0 Å². The summed E-state index contributed by atoms with van der Waals surface area (Å²) in [5.74, 6) is 5.89. The highest BCUT2D eigenvalue weighted by atomic mass is 16.5. The van der Waals surface area contributed by atoms with Crippen LogP contribution in [0.15, 0.2) is 18.2 Å². The van der Waals surface area contributed by atoms with Gasteiger partial charge in [-0.2, -0.15) is 0 Å². The normalized spacial score (nSPS) is 11.3. The van der Waals surface area contributed by atoms with Crippen molar-refractivity contribution in [2.45, 2.75) is 45.2 Å². The summed E-state index contributed by atoms with van der Waals surface area (Å²) in [5, 5.41) is 8.07. The molecule has 0 saturated heterocycles. The SMILES string of the molecule is CCCC(C(=O)NC=O)N(C)Cc1cc(C#CCCNCCOCCCNC=O)ccc1C=O. The number of nitrogens with zero attached hydrogens (tertiary/aromatic N) is 1. The molecule has 0 aliphatic heterocycles. The number of hydrogen-bond donors (Lipinski definition) is 3. The van der Waals surface area contributed by atoms with E-state index in [1.807, 2.05) is 24.0 Å². The minimum absolute atomic E-state index is 0.351. The van der Waals surface area contributed by atoms with E-state index in [0.29, 0.717) is 57.5 Å². The lowest BCUT2D eigenvalue weighted by molar-refractivity contribution is -0.129. The van der Waals surface area contributed by atoms with Gasteiger partial charge in [0.15, 0.2) is 0 Å². The van der Waals surface area contributed by atoms with Gasteiger partial charge in [-0.25, -0.2) is 0 Å². The second-order valence-corrected chi connectivity index (χ2v) is 7.72. The number of rotatable bonds is 18. The quantitative estimate of drug-likeness (QED) is 0.165. The van der Waals surface area contributed by atoms with Crippen LogP contribution in [-0.2, 0) is 25.7 Å². The molecule has 0 bridgehead atoms. The molecule has 0 aliphatic rings. The molecule has 1 aromatic carbocycles. The third-order valence-corrected chi connectivity index (χ3v) is 5.06. The molecular formula is C25H36N4O5. The molecule has 0 radical (unpaired) electrons. The zero-order chi connectivity index (χ0) is 25.0. The van der Waals surface area contributed by atoms with Gasteiger partial charge in [0, 0.05) is 50.3 Å². The van der Waals surface area contributed by atoms with Crippen molar-refractivity contribution in [2.75, 3.05) is 39.9 Å². The summed E-state index contributed by atoms with van der Waals surface area (Å²) >= 11 is 0. The molecule has 0 aliphatic carbocycles. The Balaban J connectivity index is 2.55. The summed E-state index contributed by atoms with van der Waals surface area (Å²) in [6, 6.07) is 4.95. The first-order chi connectivity index (χ1) is 16.6. The van der Waals surface area contributed by atoms with E-state index in [2.05, 4.69) is 27.8 Å². The van der Waals surface area contributed by atoms with Crippen LogP contribution in [0.5, 0.6) is 0 Å². The Kier molecular flexibility index (Phi) is 15.7. The molecule has 0 spiro atoms. The number of aldehydes is 1. The van der Waals surface area contributed by atoms with Gasteiger partial charge in [0.2, 0.25) is 18.7 Å². The van der Waals surface area contributed by atoms with Gasteiger partial charge in [-0.15, -0.1) is 0 Å². The number of nitrogens with one attached hydrogen (secondary N) is 3. The zero-order valence-electron chi connectivity index (χ0n) is 20.1. The summed E-state index contributed by atoms with van der Waals surface area (Å²) in [7, 11) is 1.80. The van der Waals surface area contributed by atoms with E-state index < -0.39 is 6.04 Å². The first-order valence-corrected chi connectivity index (χ1v) is 11.5. The van der Waals surface area contributed by atoms with Crippen molar-refractivity contribution in [1.82, 2.24) is 20.9 Å². The van der Waals surface area contributed by atoms with Gasteiger partial charge in [0.25, 0.3) is 0 Å². The first-order valence-electron chi connectivity index (χ1n) is 11.5. The van der Waals surface area contributed by atoms with Gasteiger partial charge in [-0.3, -0.25) is 29.4 Å². The van der Waals surface area contributed by atoms with Crippen molar-refractivity contribution >= 4 is 25.0 Å². The summed E-state index contributed by atoms with van der Waals surface area (Å²) < 4.78 is 5.45. The van der Waals surface area contributed by atoms with Crippen LogP contribution in [0, 0.1) is 11.8 Å². The van der Waals surface area contributed by atoms with Gasteiger partial charge < -0.3 is 15.4 Å². The number of carbonyl (C=O) groups excluding carboxylic acids is 4. The molecule has 9 heteroatoms. The van der Waals surface area contributed by atoms with Crippen molar-refractivity contribution in [3.63, 3.8) is 0 Å². The van der Waals surface area contributed by atoms with Crippen molar-refractivity contribution in [3.8, 4) is 11.8 Å². The fourth-order valence-corrected chi connectivity index (χ4v) is 3.32. The maximum atomic E-state index is 12.2. The number of likely N-dealkylation sites (N-methyl/N-ethyl adjacent to an activating group) is 1. The maximum Gasteiger partial charge on any atom is 0.243 e. The van der Waals surface area contributed by atoms with Crippen LogP contribution in [-0.4, -0.2) is 75.9 Å². The van der Waals surface area contributed by atoms with Crippen LogP contribution in [0.25, 0.3) is 0 Å². The number of benzene rings is 1. The third kappa shape index (κ3) is 11.7. The third-order valence-electron chi connectivity index (χ3n) is 5.06. The molecule has 3 amide bonds.